The summed E-state index contributed by atoms with van der Waals surface area (Å²) in [4.78, 5) is 42.8. The Morgan fingerprint density at radius 1 is 1.20 bits per heavy atom. The molecule has 0 spiro atoms. The Balaban J connectivity index is 2.53. The first-order valence-corrected chi connectivity index (χ1v) is 8.07. The number of carbonyl (C=O) groups is 1. The molecule has 9 nitrogen and oxygen atoms in total. The third-order valence-corrected chi connectivity index (χ3v) is 3.79. The Hall–Kier alpha value is -2.58. The van der Waals surface area contributed by atoms with Crippen molar-refractivity contribution in [2.45, 2.75) is 46.3 Å². The SMILES string of the molecule is CC(C)C(NC(=O)OC(C)(C)C)c1nc2c(c(=O)[nH]c(=O)n2C)n1C. The van der Waals surface area contributed by atoms with Gasteiger partial charge in [-0.2, -0.15) is 0 Å². The molecule has 2 aromatic heterocycles. The number of carbonyl (C=O) groups excluding carboxylic acids is 1. The predicted molar refractivity (Wildman–Crippen MR) is 93.5 cm³/mol. The molecular formula is C16H25N5O4. The number of nitrogens with one attached hydrogen (secondary N) is 2. The molecular weight excluding hydrogens is 326 g/mol. The number of amides is 1. The van der Waals surface area contributed by atoms with E-state index in [1.807, 2.05) is 13.8 Å². The van der Waals surface area contributed by atoms with Crippen LogP contribution in [-0.2, 0) is 18.8 Å². The number of aromatic amines is 1. The van der Waals surface area contributed by atoms with Crippen molar-refractivity contribution in [3.05, 3.63) is 26.7 Å². The number of fused-ring (bicyclic) bond motifs is 1. The molecule has 1 atom stereocenters. The first-order chi connectivity index (χ1) is 11.4. The maximum Gasteiger partial charge on any atom is 0.408 e. The van der Waals surface area contributed by atoms with Crippen LogP contribution in [0.2, 0.25) is 0 Å². The van der Waals surface area contributed by atoms with Crippen LogP contribution in [0.25, 0.3) is 11.2 Å². The molecule has 138 valence electrons. The van der Waals surface area contributed by atoms with Gasteiger partial charge in [0.05, 0.1) is 6.04 Å². The van der Waals surface area contributed by atoms with Gasteiger partial charge in [0.1, 0.15) is 11.4 Å². The normalized spacial score (nSPS) is 13.3. The topological polar surface area (TPSA) is 111 Å². The van der Waals surface area contributed by atoms with Gasteiger partial charge in [0, 0.05) is 14.1 Å². The van der Waals surface area contributed by atoms with Crippen molar-refractivity contribution in [3.63, 3.8) is 0 Å². The highest BCUT2D eigenvalue weighted by molar-refractivity contribution is 5.72. The fraction of sp³-hybridized carbons (Fsp3) is 0.625. The van der Waals surface area contributed by atoms with Crippen molar-refractivity contribution < 1.29 is 9.53 Å². The Kier molecular flexibility index (Phi) is 4.79. The van der Waals surface area contributed by atoms with E-state index in [0.29, 0.717) is 5.82 Å². The second-order valence-corrected chi connectivity index (χ2v) is 7.39. The van der Waals surface area contributed by atoms with Gasteiger partial charge in [0.15, 0.2) is 11.2 Å². The fourth-order valence-corrected chi connectivity index (χ4v) is 2.57. The summed E-state index contributed by atoms with van der Waals surface area (Å²) in [6.07, 6.45) is -0.568. The maximum absolute atomic E-state index is 12.2. The highest BCUT2D eigenvalue weighted by atomic mass is 16.6. The van der Waals surface area contributed by atoms with Crippen LogP contribution in [0.4, 0.5) is 4.79 Å². The molecule has 2 heterocycles. The highest BCUT2D eigenvalue weighted by Crippen LogP contribution is 2.23. The number of ether oxygens (including phenoxy) is 1. The zero-order valence-corrected chi connectivity index (χ0v) is 15.6. The molecule has 0 radical (unpaired) electrons. The van der Waals surface area contributed by atoms with Crippen molar-refractivity contribution in [2.75, 3.05) is 0 Å². The zero-order valence-electron chi connectivity index (χ0n) is 15.6. The van der Waals surface area contributed by atoms with E-state index in [2.05, 4.69) is 15.3 Å². The molecule has 0 saturated heterocycles. The molecule has 0 bridgehead atoms. The summed E-state index contributed by atoms with van der Waals surface area (Å²) in [5, 5.41) is 2.80. The molecule has 2 aromatic rings. The molecule has 25 heavy (non-hydrogen) atoms. The number of hydrogen-bond donors (Lipinski definition) is 2. The Bertz CT molecular complexity index is 913. The highest BCUT2D eigenvalue weighted by Gasteiger charge is 2.27. The van der Waals surface area contributed by atoms with Crippen LogP contribution in [-0.4, -0.2) is 30.8 Å². The van der Waals surface area contributed by atoms with E-state index in [1.54, 1.807) is 32.4 Å². The molecule has 0 saturated carbocycles. The maximum atomic E-state index is 12.2. The predicted octanol–water partition coefficient (Wildman–Crippen LogP) is 1.18. The smallest absolute Gasteiger partial charge is 0.408 e. The molecule has 0 aliphatic carbocycles. The summed E-state index contributed by atoms with van der Waals surface area (Å²) in [7, 11) is 3.21. The Morgan fingerprint density at radius 2 is 1.80 bits per heavy atom. The average molecular weight is 351 g/mol. The Labute approximate surface area is 145 Å². The lowest BCUT2D eigenvalue weighted by atomic mass is 10.0. The molecule has 0 fully saturated rings. The summed E-state index contributed by atoms with van der Waals surface area (Å²) in [5.74, 6) is 0.460. The summed E-state index contributed by atoms with van der Waals surface area (Å²) >= 11 is 0. The molecule has 0 aliphatic rings. The molecule has 2 rings (SSSR count). The van der Waals surface area contributed by atoms with Gasteiger partial charge < -0.3 is 14.6 Å². The number of imidazole rings is 1. The van der Waals surface area contributed by atoms with Gasteiger partial charge in [-0.3, -0.25) is 14.3 Å². The molecule has 0 aliphatic heterocycles. The van der Waals surface area contributed by atoms with Gasteiger partial charge in [-0.25, -0.2) is 14.6 Å². The standard InChI is InChI=1S/C16H25N5O4/c1-8(2)9(17-15(24)25-16(3,4)5)11-18-12-10(20(11)6)13(22)19-14(23)21(12)7/h8-9H,1-7H3,(H,17,24)(H,19,22,23). The van der Waals surface area contributed by atoms with E-state index in [-0.39, 0.29) is 17.1 Å². The minimum atomic E-state index is -0.626. The molecule has 0 aromatic carbocycles. The van der Waals surface area contributed by atoms with Crippen molar-refractivity contribution in [1.29, 1.82) is 0 Å². The van der Waals surface area contributed by atoms with E-state index in [1.165, 1.54) is 11.6 Å². The van der Waals surface area contributed by atoms with Gasteiger partial charge >= 0.3 is 11.8 Å². The van der Waals surface area contributed by atoms with E-state index < -0.39 is 29.0 Å². The lowest BCUT2D eigenvalue weighted by molar-refractivity contribution is 0.0485. The van der Waals surface area contributed by atoms with E-state index in [9.17, 15) is 14.4 Å². The number of H-pyrrole nitrogens is 1. The second kappa shape index (κ2) is 6.38. The summed E-state index contributed by atoms with van der Waals surface area (Å²) < 4.78 is 8.17. The molecule has 2 N–H and O–H groups in total. The number of aryl methyl sites for hydroxylation is 2. The lowest BCUT2D eigenvalue weighted by Crippen LogP contribution is -2.37. The minimum absolute atomic E-state index is 0.0147. The van der Waals surface area contributed by atoms with Crippen molar-refractivity contribution >= 4 is 17.3 Å². The summed E-state index contributed by atoms with van der Waals surface area (Å²) in [6.45, 7) is 9.18. The van der Waals surface area contributed by atoms with Gasteiger partial charge in [0.2, 0.25) is 0 Å². The number of rotatable bonds is 3. The largest absolute Gasteiger partial charge is 0.444 e. The Morgan fingerprint density at radius 3 is 2.32 bits per heavy atom. The third-order valence-electron chi connectivity index (χ3n) is 3.79. The average Bonchev–Trinajstić information content (AvgIpc) is 2.78. The van der Waals surface area contributed by atoms with Gasteiger partial charge in [-0.15, -0.1) is 0 Å². The van der Waals surface area contributed by atoms with Gasteiger partial charge in [-0.05, 0) is 26.7 Å². The number of nitrogens with zero attached hydrogens (tertiary/aromatic N) is 3. The van der Waals surface area contributed by atoms with Crippen LogP contribution < -0.4 is 16.6 Å². The molecule has 1 amide bonds. The molecule has 9 heteroatoms. The van der Waals surface area contributed by atoms with E-state index in [4.69, 9.17) is 4.74 Å². The van der Waals surface area contributed by atoms with Crippen molar-refractivity contribution in [2.24, 2.45) is 20.0 Å². The van der Waals surface area contributed by atoms with Crippen LogP contribution in [0.15, 0.2) is 9.59 Å². The van der Waals surface area contributed by atoms with Crippen LogP contribution in [0.1, 0.15) is 46.5 Å². The second-order valence-electron chi connectivity index (χ2n) is 7.39. The van der Waals surface area contributed by atoms with Crippen LogP contribution in [0.3, 0.4) is 0 Å². The van der Waals surface area contributed by atoms with Crippen molar-refractivity contribution in [1.82, 2.24) is 24.4 Å². The number of aromatic nitrogens is 4. The number of alkyl carbamates (subject to hydrolysis) is 1. The van der Waals surface area contributed by atoms with Gasteiger partial charge in [0.25, 0.3) is 5.56 Å². The van der Waals surface area contributed by atoms with E-state index >= 15 is 0 Å². The van der Waals surface area contributed by atoms with E-state index in [0.717, 1.165) is 0 Å². The first-order valence-electron chi connectivity index (χ1n) is 8.07. The van der Waals surface area contributed by atoms with Crippen molar-refractivity contribution in [3.8, 4) is 0 Å². The van der Waals surface area contributed by atoms with Crippen LogP contribution in [0.5, 0.6) is 0 Å². The third kappa shape index (κ3) is 3.75. The van der Waals surface area contributed by atoms with Crippen LogP contribution >= 0.6 is 0 Å². The zero-order chi connectivity index (χ0) is 19.1. The lowest BCUT2D eigenvalue weighted by Gasteiger charge is -2.25. The fourth-order valence-electron chi connectivity index (χ4n) is 2.57. The summed E-state index contributed by atoms with van der Waals surface area (Å²) in [6, 6.07) is -0.484. The summed E-state index contributed by atoms with van der Waals surface area (Å²) in [5.41, 5.74) is -1.14. The van der Waals surface area contributed by atoms with Crippen LogP contribution in [0, 0.1) is 5.92 Å². The number of hydrogen-bond acceptors (Lipinski definition) is 5. The molecule has 1 unspecified atom stereocenters. The monoisotopic (exact) mass is 351 g/mol. The quantitative estimate of drug-likeness (QED) is 0.863. The minimum Gasteiger partial charge on any atom is -0.444 e. The van der Waals surface area contributed by atoms with Gasteiger partial charge in [-0.1, -0.05) is 13.8 Å². The first kappa shape index (κ1) is 18.8.